The van der Waals surface area contributed by atoms with E-state index in [-0.39, 0.29) is 10.6 Å². The Morgan fingerprint density at radius 1 is 1.14 bits per heavy atom. The summed E-state index contributed by atoms with van der Waals surface area (Å²) in [5.74, 6) is 0.191. The molecule has 148 valence electrons. The lowest BCUT2D eigenvalue weighted by molar-refractivity contribution is -0.136. The minimum atomic E-state index is -3.54. The number of esters is 1. The summed E-state index contributed by atoms with van der Waals surface area (Å²) in [6, 6.07) is 12.0. The molecule has 0 saturated heterocycles. The number of rotatable bonds is 6. The third-order valence-corrected chi connectivity index (χ3v) is 6.15. The number of hydrogen-bond acceptors (Lipinski definition) is 6. The number of hydrogen-bond donors (Lipinski definition) is 1. The molecule has 0 amide bonds. The van der Waals surface area contributed by atoms with Crippen LogP contribution in [0.1, 0.15) is 24.5 Å². The molecule has 0 radical (unpaired) electrons. The Bertz CT molecular complexity index is 994. The zero-order chi connectivity index (χ0) is 20.1. The van der Waals surface area contributed by atoms with Gasteiger partial charge in [0.05, 0.1) is 24.4 Å². The summed E-state index contributed by atoms with van der Waals surface area (Å²) in [5, 5.41) is 3.21. The van der Waals surface area contributed by atoms with Gasteiger partial charge in [0, 0.05) is 17.8 Å². The van der Waals surface area contributed by atoms with Gasteiger partial charge in [0.1, 0.15) is 5.75 Å². The maximum absolute atomic E-state index is 12.9. The van der Waals surface area contributed by atoms with Crippen LogP contribution in [0.25, 0.3) is 6.08 Å². The van der Waals surface area contributed by atoms with Crippen LogP contribution < -0.4 is 10.1 Å². The molecule has 1 aliphatic rings. The molecule has 1 N–H and O–H groups in total. The Morgan fingerprint density at radius 2 is 1.89 bits per heavy atom. The van der Waals surface area contributed by atoms with Gasteiger partial charge >= 0.3 is 5.97 Å². The average molecular weight is 401 g/mol. The van der Waals surface area contributed by atoms with Gasteiger partial charge in [-0.15, -0.1) is 0 Å². The summed E-state index contributed by atoms with van der Waals surface area (Å²) >= 11 is 0. The molecule has 0 bridgehead atoms. The Kier molecular flexibility index (Phi) is 6.04. The van der Waals surface area contributed by atoms with Gasteiger partial charge < -0.3 is 14.8 Å². The van der Waals surface area contributed by atoms with Crippen LogP contribution in [0.5, 0.6) is 5.75 Å². The van der Waals surface area contributed by atoms with Crippen molar-refractivity contribution in [2.45, 2.75) is 24.0 Å². The molecule has 1 aliphatic heterocycles. The van der Waals surface area contributed by atoms with E-state index in [1.165, 1.54) is 7.11 Å². The van der Waals surface area contributed by atoms with Gasteiger partial charge in [-0.1, -0.05) is 12.1 Å². The van der Waals surface area contributed by atoms with Crippen LogP contribution in [0.4, 0.5) is 5.69 Å². The monoisotopic (exact) mass is 401 g/mol. The number of ether oxygens (including phenoxy) is 2. The second-order valence-corrected chi connectivity index (χ2v) is 8.41. The van der Waals surface area contributed by atoms with Crippen molar-refractivity contribution in [2.24, 2.45) is 0 Å². The lowest BCUT2D eigenvalue weighted by atomic mass is 10.1. The summed E-state index contributed by atoms with van der Waals surface area (Å²) < 4.78 is 36.0. The smallest absolute Gasteiger partial charge is 0.333 e. The highest BCUT2D eigenvalue weighted by atomic mass is 32.2. The number of fused-ring (bicyclic) bond motifs is 1. The van der Waals surface area contributed by atoms with Crippen molar-refractivity contribution < 1.29 is 22.7 Å². The van der Waals surface area contributed by atoms with E-state index in [1.54, 1.807) is 48.5 Å². The van der Waals surface area contributed by atoms with E-state index in [0.717, 1.165) is 5.69 Å². The van der Waals surface area contributed by atoms with Crippen LogP contribution in [-0.4, -0.2) is 34.6 Å². The molecule has 6 nitrogen and oxygen atoms in total. The van der Waals surface area contributed by atoms with Crippen LogP contribution in [0.3, 0.4) is 0 Å². The highest BCUT2D eigenvalue weighted by molar-refractivity contribution is 7.90. The molecule has 0 atom stereocenters. The quantitative estimate of drug-likeness (QED) is 0.747. The van der Waals surface area contributed by atoms with Crippen molar-refractivity contribution in [3.63, 3.8) is 0 Å². The molecule has 0 unspecified atom stereocenters. The fraction of sp³-hybridized carbons (Fsp3) is 0.286. The number of anilines is 1. The molecule has 0 aliphatic carbocycles. The number of nitrogens with one attached hydrogen (secondary N) is 1. The second-order valence-electron chi connectivity index (χ2n) is 6.42. The van der Waals surface area contributed by atoms with E-state index < -0.39 is 15.8 Å². The molecule has 1 heterocycles. The third-order valence-electron chi connectivity index (χ3n) is 4.46. The fourth-order valence-electron chi connectivity index (χ4n) is 3.05. The summed E-state index contributed by atoms with van der Waals surface area (Å²) in [5.41, 5.74) is 2.64. The molecular weight excluding hydrogens is 378 g/mol. The van der Waals surface area contributed by atoms with Gasteiger partial charge in [-0.2, -0.15) is 0 Å². The van der Waals surface area contributed by atoms with Gasteiger partial charge in [-0.25, -0.2) is 13.2 Å². The largest absolute Gasteiger partial charge is 0.494 e. The normalized spacial score (nSPS) is 13.6. The van der Waals surface area contributed by atoms with Crippen molar-refractivity contribution in [3.05, 3.63) is 59.2 Å². The zero-order valence-corrected chi connectivity index (χ0v) is 16.7. The van der Waals surface area contributed by atoms with E-state index in [2.05, 4.69) is 5.32 Å². The van der Waals surface area contributed by atoms with Crippen LogP contribution in [-0.2, 0) is 25.1 Å². The molecule has 0 spiro atoms. The van der Waals surface area contributed by atoms with E-state index in [1.807, 2.05) is 6.92 Å². The SMILES string of the molecule is CCOc1ccc(CS(=O)(=O)c2ccc3c(c2)C=C(C(=O)OC)CCN3)cc1. The van der Waals surface area contributed by atoms with Crippen LogP contribution in [0.15, 0.2) is 52.9 Å². The lowest BCUT2D eigenvalue weighted by Crippen LogP contribution is -2.08. The van der Waals surface area contributed by atoms with Gasteiger partial charge in [0.15, 0.2) is 9.84 Å². The van der Waals surface area contributed by atoms with E-state index in [0.29, 0.717) is 42.0 Å². The second kappa shape index (κ2) is 8.48. The van der Waals surface area contributed by atoms with Crippen molar-refractivity contribution in [3.8, 4) is 5.75 Å². The first-order valence-corrected chi connectivity index (χ1v) is 10.7. The van der Waals surface area contributed by atoms with Gasteiger partial charge in [-0.3, -0.25) is 0 Å². The highest BCUT2D eigenvalue weighted by Gasteiger charge is 2.20. The Hall–Kier alpha value is -2.80. The minimum Gasteiger partial charge on any atom is -0.494 e. The first-order valence-electron chi connectivity index (χ1n) is 9.04. The van der Waals surface area contributed by atoms with Crippen molar-refractivity contribution in [1.82, 2.24) is 0 Å². The van der Waals surface area contributed by atoms with Crippen molar-refractivity contribution in [1.29, 1.82) is 0 Å². The minimum absolute atomic E-state index is 0.112. The summed E-state index contributed by atoms with van der Waals surface area (Å²) in [7, 11) is -2.21. The van der Waals surface area contributed by atoms with Crippen molar-refractivity contribution >= 4 is 27.6 Å². The predicted octanol–water partition coefficient (Wildman–Crippen LogP) is 3.43. The molecule has 2 aromatic carbocycles. The zero-order valence-electron chi connectivity index (χ0n) is 15.9. The van der Waals surface area contributed by atoms with Crippen molar-refractivity contribution in [2.75, 3.05) is 25.6 Å². The van der Waals surface area contributed by atoms with E-state index in [4.69, 9.17) is 9.47 Å². The fourth-order valence-corrected chi connectivity index (χ4v) is 4.43. The standard InChI is InChI=1S/C21H23NO5S/c1-3-27-18-6-4-15(5-7-18)14-28(24,25)19-8-9-20-17(13-19)12-16(10-11-22-20)21(23)26-2/h4-9,12-13,22H,3,10-11,14H2,1-2H3. The summed E-state index contributed by atoms with van der Waals surface area (Å²) in [6.07, 6.45) is 2.20. The van der Waals surface area contributed by atoms with Crippen LogP contribution >= 0.6 is 0 Å². The lowest BCUT2D eigenvalue weighted by Gasteiger charge is -2.10. The third kappa shape index (κ3) is 4.54. The number of benzene rings is 2. The number of carbonyl (C=O) groups excluding carboxylic acids is 1. The van der Waals surface area contributed by atoms with Gasteiger partial charge in [-0.05, 0) is 60.9 Å². The topological polar surface area (TPSA) is 81.7 Å². The van der Waals surface area contributed by atoms with E-state index >= 15 is 0 Å². The number of carbonyl (C=O) groups is 1. The molecule has 28 heavy (non-hydrogen) atoms. The first-order chi connectivity index (χ1) is 13.4. The van der Waals surface area contributed by atoms with E-state index in [9.17, 15) is 13.2 Å². The molecule has 2 aromatic rings. The highest BCUT2D eigenvalue weighted by Crippen LogP contribution is 2.28. The molecule has 0 saturated carbocycles. The molecule has 3 rings (SSSR count). The Morgan fingerprint density at radius 3 is 2.57 bits per heavy atom. The Labute approximate surface area is 165 Å². The number of methoxy groups -OCH3 is 1. The van der Waals surface area contributed by atoms with Crippen LogP contribution in [0, 0.1) is 0 Å². The maximum Gasteiger partial charge on any atom is 0.333 e. The molecular formula is C21H23NO5S. The summed E-state index contributed by atoms with van der Waals surface area (Å²) in [4.78, 5) is 12.1. The number of sulfone groups is 1. The molecule has 0 aromatic heterocycles. The first kappa shape index (κ1) is 19.9. The molecule has 0 fully saturated rings. The van der Waals surface area contributed by atoms with Crippen LogP contribution in [0.2, 0.25) is 0 Å². The maximum atomic E-state index is 12.9. The van der Waals surface area contributed by atoms with Gasteiger partial charge in [0.25, 0.3) is 0 Å². The summed E-state index contributed by atoms with van der Waals surface area (Å²) in [6.45, 7) is 3.03. The average Bonchev–Trinajstić information content (AvgIpc) is 2.90. The Balaban J connectivity index is 1.88. The predicted molar refractivity (Wildman–Crippen MR) is 108 cm³/mol. The van der Waals surface area contributed by atoms with Gasteiger partial charge in [0.2, 0.25) is 0 Å². The molecule has 7 heteroatoms.